The summed E-state index contributed by atoms with van der Waals surface area (Å²) in [7, 11) is 1.41. The molecular weight excluding hydrogens is 193 g/mol. The maximum Gasteiger partial charge on any atom is 0.143 e. The van der Waals surface area contributed by atoms with Gasteiger partial charge in [-0.3, -0.25) is 0 Å². The Morgan fingerprint density at radius 2 is 2.23 bits per heavy atom. The molecular formula is C9H7ClFNO. The summed E-state index contributed by atoms with van der Waals surface area (Å²) >= 11 is 5.57. The van der Waals surface area contributed by atoms with Crippen LogP contribution < -0.4 is 4.74 Å². The van der Waals surface area contributed by atoms with Gasteiger partial charge in [0.25, 0.3) is 0 Å². The summed E-state index contributed by atoms with van der Waals surface area (Å²) in [6, 6.07) is 3.04. The molecule has 1 aromatic rings. The van der Waals surface area contributed by atoms with Gasteiger partial charge in [-0.05, 0) is 18.6 Å². The number of hydrogen-bond acceptors (Lipinski definition) is 2. The second kappa shape index (κ2) is 3.63. The van der Waals surface area contributed by atoms with Crippen LogP contribution in [0.2, 0.25) is 5.02 Å². The minimum Gasteiger partial charge on any atom is -0.495 e. The fourth-order valence-electron chi connectivity index (χ4n) is 1.10. The molecule has 0 atom stereocenters. The SMILES string of the molecule is COc1c(C)cc(F)c(Cl)c1C#N. The molecule has 0 bridgehead atoms. The first-order chi connectivity index (χ1) is 6.11. The quantitative estimate of drug-likeness (QED) is 0.697. The van der Waals surface area contributed by atoms with E-state index >= 15 is 0 Å². The average molecular weight is 200 g/mol. The minimum atomic E-state index is -0.600. The lowest BCUT2D eigenvalue weighted by atomic mass is 10.1. The maximum atomic E-state index is 13.0. The Balaban J connectivity index is 3.53. The Hall–Kier alpha value is -1.27. The van der Waals surface area contributed by atoms with Gasteiger partial charge in [0.1, 0.15) is 23.2 Å². The van der Waals surface area contributed by atoms with Gasteiger partial charge >= 0.3 is 0 Å². The molecule has 0 saturated carbocycles. The van der Waals surface area contributed by atoms with Gasteiger partial charge in [-0.25, -0.2) is 4.39 Å². The molecule has 0 aliphatic heterocycles. The summed E-state index contributed by atoms with van der Waals surface area (Å²) in [5, 5.41) is 8.51. The molecule has 4 heteroatoms. The van der Waals surface area contributed by atoms with Crippen LogP contribution in [0.15, 0.2) is 6.07 Å². The van der Waals surface area contributed by atoms with Gasteiger partial charge in [0.05, 0.1) is 12.1 Å². The molecule has 0 spiro atoms. The Morgan fingerprint density at radius 3 is 2.69 bits per heavy atom. The van der Waals surface area contributed by atoms with Gasteiger partial charge < -0.3 is 4.74 Å². The topological polar surface area (TPSA) is 33.0 Å². The van der Waals surface area contributed by atoms with E-state index in [1.165, 1.54) is 13.2 Å². The molecule has 0 aliphatic rings. The van der Waals surface area contributed by atoms with E-state index in [1.807, 2.05) is 0 Å². The van der Waals surface area contributed by atoms with Gasteiger partial charge in [0, 0.05) is 0 Å². The summed E-state index contributed by atoms with van der Waals surface area (Å²) in [5.74, 6) is -0.273. The summed E-state index contributed by atoms with van der Waals surface area (Å²) in [5.41, 5.74) is 0.600. The van der Waals surface area contributed by atoms with Gasteiger partial charge in [-0.15, -0.1) is 0 Å². The number of rotatable bonds is 1. The molecule has 0 N–H and O–H groups in total. The van der Waals surface area contributed by atoms with Crippen molar-refractivity contribution in [1.29, 1.82) is 5.26 Å². The number of methoxy groups -OCH3 is 1. The summed E-state index contributed by atoms with van der Waals surface area (Å²) in [4.78, 5) is 0. The van der Waals surface area contributed by atoms with Crippen LogP contribution in [0.3, 0.4) is 0 Å². The zero-order valence-electron chi connectivity index (χ0n) is 7.19. The van der Waals surface area contributed by atoms with Crippen molar-refractivity contribution in [2.75, 3.05) is 7.11 Å². The van der Waals surface area contributed by atoms with Crippen molar-refractivity contribution in [3.05, 3.63) is 28.0 Å². The van der Waals surface area contributed by atoms with Crippen LogP contribution in [0, 0.1) is 24.1 Å². The fraction of sp³-hybridized carbons (Fsp3) is 0.222. The molecule has 68 valence electrons. The van der Waals surface area contributed by atoms with E-state index in [2.05, 4.69) is 0 Å². The zero-order chi connectivity index (χ0) is 10.0. The molecule has 0 radical (unpaired) electrons. The van der Waals surface area contributed by atoms with Crippen molar-refractivity contribution >= 4 is 11.6 Å². The molecule has 1 aromatic carbocycles. The predicted molar refractivity (Wildman–Crippen MR) is 47.4 cm³/mol. The van der Waals surface area contributed by atoms with Crippen LogP contribution in [-0.4, -0.2) is 7.11 Å². The maximum absolute atomic E-state index is 13.0. The number of halogens is 2. The third kappa shape index (κ3) is 1.58. The fourth-order valence-corrected chi connectivity index (χ4v) is 1.28. The van der Waals surface area contributed by atoms with Gasteiger partial charge in [0.15, 0.2) is 0 Å². The predicted octanol–water partition coefficient (Wildman–Crippen LogP) is 2.67. The monoisotopic (exact) mass is 199 g/mol. The number of nitriles is 1. The van der Waals surface area contributed by atoms with Crippen molar-refractivity contribution in [1.82, 2.24) is 0 Å². The molecule has 0 aliphatic carbocycles. The van der Waals surface area contributed by atoms with E-state index in [-0.39, 0.29) is 10.6 Å². The number of ether oxygens (including phenoxy) is 1. The molecule has 13 heavy (non-hydrogen) atoms. The average Bonchev–Trinajstić information content (AvgIpc) is 2.10. The Labute approximate surface area is 80.5 Å². The first-order valence-corrected chi connectivity index (χ1v) is 3.92. The van der Waals surface area contributed by atoms with Crippen LogP contribution in [-0.2, 0) is 0 Å². The molecule has 0 aromatic heterocycles. The van der Waals surface area contributed by atoms with Gasteiger partial charge in [0.2, 0.25) is 0 Å². The molecule has 0 fully saturated rings. The summed E-state index contributed by atoms with van der Waals surface area (Å²) in [6.07, 6.45) is 0. The second-order valence-corrected chi connectivity index (χ2v) is 2.89. The largest absolute Gasteiger partial charge is 0.495 e. The molecule has 0 saturated heterocycles. The van der Waals surface area contributed by atoms with Crippen LogP contribution >= 0.6 is 11.6 Å². The third-order valence-corrected chi connectivity index (χ3v) is 2.04. The first kappa shape index (κ1) is 9.82. The number of benzene rings is 1. The Morgan fingerprint density at radius 1 is 1.62 bits per heavy atom. The molecule has 0 heterocycles. The Bertz CT molecular complexity index is 384. The third-order valence-electron chi connectivity index (χ3n) is 1.67. The molecule has 1 rings (SSSR count). The van der Waals surface area contributed by atoms with Crippen molar-refractivity contribution in [2.45, 2.75) is 6.92 Å². The standard InChI is InChI=1S/C9H7ClFNO/c1-5-3-7(11)8(10)6(4-12)9(5)13-2/h3H,1-2H3. The van der Waals surface area contributed by atoms with E-state index in [0.717, 1.165) is 0 Å². The van der Waals surface area contributed by atoms with E-state index in [1.54, 1.807) is 13.0 Å². The van der Waals surface area contributed by atoms with Crippen LogP contribution in [0.4, 0.5) is 4.39 Å². The lowest BCUT2D eigenvalue weighted by Gasteiger charge is -2.08. The summed E-state index contributed by atoms with van der Waals surface area (Å²) < 4.78 is 17.9. The Kier molecular flexibility index (Phi) is 2.74. The van der Waals surface area contributed by atoms with Crippen molar-refractivity contribution in [3.8, 4) is 11.8 Å². The second-order valence-electron chi connectivity index (χ2n) is 2.51. The van der Waals surface area contributed by atoms with Gasteiger partial charge in [-0.2, -0.15) is 5.26 Å². The minimum absolute atomic E-state index is 0.0432. The highest BCUT2D eigenvalue weighted by Gasteiger charge is 2.14. The van der Waals surface area contributed by atoms with Gasteiger partial charge in [-0.1, -0.05) is 11.6 Å². The normalized spacial score (nSPS) is 9.46. The lowest BCUT2D eigenvalue weighted by molar-refractivity contribution is 0.409. The van der Waals surface area contributed by atoms with Crippen LogP contribution in [0.1, 0.15) is 11.1 Å². The van der Waals surface area contributed by atoms with Crippen LogP contribution in [0.25, 0.3) is 0 Å². The highest BCUT2D eigenvalue weighted by Crippen LogP contribution is 2.31. The molecule has 2 nitrogen and oxygen atoms in total. The summed E-state index contributed by atoms with van der Waals surface area (Å²) in [6.45, 7) is 1.65. The van der Waals surface area contributed by atoms with E-state index in [4.69, 9.17) is 21.6 Å². The van der Waals surface area contributed by atoms with E-state index < -0.39 is 5.82 Å². The van der Waals surface area contributed by atoms with Crippen LogP contribution in [0.5, 0.6) is 5.75 Å². The number of hydrogen-bond donors (Lipinski definition) is 0. The van der Waals surface area contributed by atoms with Crippen molar-refractivity contribution in [2.24, 2.45) is 0 Å². The highest BCUT2D eigenvalue weighted by molar-refractivity contribution is 6.32. The lowest BCUT2D eigenvalue weighted by Crippen LogP contribution is -1.94. The zero-order valence-corrected chi connectivity index (χ0v) is 7.94. The number of aryl methyl sites for hydroxylation is 1. The van der Waals surface area contributed by atoms with Crippen molar-refractivity contribution in [3.63, 3.8) is 0 Å². The highest BCUT2D eigenvalue weighted by atomic mass is 35.5. The number of nitrogens with zero attached hydrogens (tertiary/aromatic N) is 1. The smallest absolute Gasteiger partial charge is 0.143 e. The van der Waals surface area contributed by atoms with E-state index in [0.29, 0.717) is 11.3 Å². The molecule has 0 amide bonds. The molecule has 0 unspecified atom stereocenters. The van der Waals surface area contributed by atoms with Crippen molar-refractivity contribution < 1.29 is 9.13 Å². The van der Waals surface area contributed by atoms with E-state index in [9.17, 15) is 4.39 Å². The first-order valence-electron chi connectivity index (χ1n) is 3.54.